The first-order chi connectivity index (χ1) is 12.2. The summed E-state index contributed by atoms with van der Waals surface area (Å²) < 4.78 is 12.2. The Balaban J connectivity index is 1.71. The van der Waals surface area contributed by atoms with E-state index in [1.54, 1.807) is 6.26 Å². The molecule has 25 heavy (non-hydrogen) atoms. The first-order valence-electron chi connectivity index (χ1n) is 8.99. The highest BCUT2D eigenvalue weighted by atomic mass is 16.5. The molecule has 3 aliphatic rings. The van der Waals surface area contributed by atoms with Crippen molar-refractivity contribution < 1.29 is 19.1 Å². The number of hydrogen-bond donors (Lipinski definition) is 1. The SMILES string of the molecule is O=C1CC(c2ccco2)[C@@H]2CCCCC23Oc2ccccc2C(O)=C13. The number of aliphatic hydroxyl groups excluding tert-OH is 1. The minimum absolute atomic E-state index is 0.00427. The number of benzene rings is 1. The van der Waals surface area contributed by atoms with E-state index in [0.29, 0.717) is 23.3 Å². The molecule has 1 spiro atoms. The molecule has 2 heterocycles. The van der Waals surface area contributed by atoms with E-state index in [9.17, 15) is 9.90 Å². The minimum Gasteiger partial charge on any atom is -0.507 e. The summed E-state index contributed by atoms with van der Waals surface area (Å²) in [6.07, 6.45) is 5.86. The van der Waals surface area contributed by atoms with Crippen molar-refractivity contribution >= 4 is 11.5 Å². The Bertz CT molecular complexity index is 864. The van der Waals surface area contributed by atoms with Crippen LogP contribution < -0.4 is 4.74 Å². The van der Waals surface area contributed by atoms with Crippen LogP contribution in [0.5, 0.6) is 5.75 Å². The standard InChI is InChI=1S/C21H20O4/c22-16-12-14(17-9-5-11-24-17)15-7-3-4-10-21(15)19(16)20(23)13-6-1-2-8-18(13)25-21/h1-2,5-6,8-9,11,14-15,23H,3-4,7,10,12H2/t14?,15-,21?/m0/s1. The van der Waals surface area contributed by atoms with Gasteiger partial charge in [-0.25, -0.2) is 0 Å². The van der Waals surface area contributed by atoms with Crippen molar-refractivity contribution in [2.45, 2.75) is 43.6 Å². The summed E-state index contributed by atoms with van der Waals surface area (Å²) in [7, 11) is 0. The van der Waals surface area contributed by atoms with Gasteiger partial charge in [0.15, 0.2) is 5.78 Å². The predicted octanol–water partition coefficient (Wildman–Crippen LogP) is 4.63. The summed E-state index contributed by atoms with van der Waals surface area (Å²) in [6.45, 7) is 0. The van der Waals surface area contributed by atoms with Gasteiger partial charge in [-0.3, -0.25) is 4.79 Å². The topological polar surface area (TPSA) is 59.7 Å². The molecule has 0 bridgehead atoms. The van der Waals surface area contributed by atoms with Gasteiger partial charge in [-0.2, -0.15) is 0 Å². The van der Waals surface area contributed by atoms with E-state index in [1.807, 2.05) is 36.4 Å². The number of fused-ring (bicyclic) bond motifs is 1. The highest BCUT2D eigenvalue weighted by Crippen LogP contribution is 2.57. The van der Waals surface area contributed by atoms with E-state index >= 15 is 0 Å². The van der Waals surface area contributed by atoms with Gasteiger partial charge in [0.1, 0.15) is 22.9 Å². The lowest BCUT2D eigenvalue weighted by Gasteiger charge is -2.52. The van der Waals surface area contributed by atoms with Crippen molar-refractivity contribution in [2.24, 2.45) is 5.92 Å². The zero-order valence-electron chi connectivity index (χ0n) is 13.9. The summed E-state index contributed by atoms with van der Waals surface area (Å²) in [5.41, 5.74) is 0.375. The maximum Gasteiger partial charge on any atom is 0.167 e. The fraction of sp³-hybridized carbons (Fsp3) is 0.381. The van der Waals surface area contributed by atoms with Crippen molar-refractivity contribution in [3.05, 3.63) is 59.6 Å². The number of carbonyl (C=O) groups is 1. The molecule has 1 aromatic carbocycles. The van der Waals surface area contributed by atoms with Gasteiger partial charge in [-0.05, 0) is 43.5 Å². The zero-order chi connectivity index (χ0) is 17.0. The number of ketones is 1. The van der Waals surface area contributed by atoms with Gasteiger partial charge >= 0.3 is 0 Å². The normalized spacial score (nSPS) is 31.0. The number of para-hydroxylation sites is 1. The number of ether oxygens (including phenoxy) is 1. The Labute approximate surface area is 146 Å². The fourth-order valence-corrected chi connectivity index (χ4v) is 5.08. The monoisotopic (exact) mass is 336 g/mol. The molecule has 1 aromatic heterocycles. The first-order valence-corrected chi connectivity index (χ1v) is 8.99. The molecule has 4 nitrogen and oxygen atoms in total. The molecule has 2 aromatic rings. The lowest BCUT2D eigenvalue weighted by atomic mass is 9.58. The van der Waals surface area contributed by atoms with E-state index in [0.717, 1.165) is 31.4 Å². The van der Waals surface area contributed by atoms with Crippen molar-refractivity contribution in [1.29, 1.82) is 0 Å². The van der Waals surface area contributed by atoms with Gasteiger partial charge < -0.3 is 14.3 Å². The summed E-state index contributed by atoms with van der Waals surface area (Å²) in [5, 5.41) is 10.9. The van der Waals surface area contributed by atoms with Crippen LogP contribution in [0.3, 0.4) is 0 Å². The summed E-state index contributed by atoms with van der Waals surface area (Å²) in [4.78, 5) is 13.1. The van der Waals surface area contributed by atoms with E-state index < -0.39 is 5.60 Å². The molecule has 2 unspecified atom stereocenters. The number of carbonyl (C=O) groups excluding carboxylic acids is 1. The second-order valence-corrected chi connectivity index (χ2v) is 7.31. The van der Waals surface area contributed by atoms with Crippen LogP contribution in [-0.2, 0) is 4.79 Å². The van der Waals surface area contributed by atoms with Crippen LogP contribution in [0.2, 0.25) is 0 Å². The lowest BCUT2D eigenvalue weighted by Crippen LogP contribution is -2.56. The van der Waals surface area contributed by atoms with Crippen molar-refractivity contribution in [3.63, 3.8) is 0 Å². The smallest absolute Gasteiger partial charge is 0.167 e. The first kappa shape index (κ1) is 14.8. The second kappa shape index (κ2) is 5.25. The molecule has 0 saturated heterocycles. The maximum atomic E-state index is 13.1. The van der Waals surface area contributed by atoms with Crippen molar-refractivity contribution in [2.75, 3.05) is 0 Å². The Kier molecular flexibility index (Phi) is 3.11. The number of furan rings is 1. The van der Waals surface area contributed by atoms with Gasteiger partial charge in [-0.15, -0.1) is 0 Å². The third-order valence-corrected chi connectivity index (χ3v) is 6.08. The molecule has 1 N–H and O–H groups in total. The number of aliphatic hydroxyl groups is 1. The average molecular weight is 336 g/mol. The molecular weight excluding hydrogens is 316 g/mol. The quantitative estimate of drug-likeness (QED) is 0.825. The molecule has 1 aliphatic heterocycles. The van der Waals surface area contributed by atoms with E-state index in [-0.39, 0.29) is 23.4 Å². The number of rotatable bonds is 1. The predicted molar refractivity (Wildman–Crippen MR) is 92.4 cm³/mol. The molecule has 2 saturated carbocycles. The minimum atomic E-state index is -0.733. The molecular formula is C21H20O4. The van der Waals surface area contributed by atoms with E-state index in [2.05, 4.69) is 0 Å². The van der Waals surface area contributed by atoms with Gasteiger partial charge in [0.05, 0.1) is 17.4 Å². The van der Waals surface area contributed by atoms with Crippen LogP contribution in [0.4, 0.5) is 0 Å². The molecule has 4 heteroatoms. The highest BCUT2D eigenvalue weighted by molar-refractivity contribution is 6.06. The third-order valence-electron chi connectivity index (χ3n) is 6.08. The van der Waals surface area contributed by atoms with Crippen LogP contribution in [0, 0.1) is 5.92 Å². The second-order valence-electron chi connectivity index (χ2n) is 7.31. The molecule has 3 atom stereocenters. The Morgan fingerprint density at radius 2 is 2.00 bits per heavy atom. The van der Waals surface area contributed by atoms with Crippen LogP contribution in [0.15, 0.2) is 52.7 Å². The zero-order valence-corrected chi connectivity index (χ0v) is 13.9. The molecule has 0 amide bonds. The van der Waals surface area contributed by atoms with Gasteiger partial charge in [0.25, 0.3) is 0 Å². The summed E-state index contributed by atoms with van der Waals surface area (Å²) in [5.74, 6) is 1.74. The number of Topliss-reactive ketones (excluding diaryl/α,β-unsaturated/α-hetero) is 1. The lowest BCUT2D eigenvalue weighted by molar-refractivity contribution is -0.125. The van der Waals surface area contributed by atoms with Crippen molar-refractivity contribution in [3.8, 4) is 5.75 Å². The van der Waals surface area contributed by atoms with Crippen LogP contribution in [-0.4, -0.2) is 16.5 Å². The highest BCUT2D eigenvalue weighted by Gasteiger charge is 2.58. The number of hydrogen-bond acceptors (Lipinski definition) is 4. The van der Waals surface area contributed by atoms with Gasteiger partial charge in [-0.1, -0.05) is 18.6 Å². The molecule has 128 valence electrons. The summed E-state index contributed by atoms with van der Waals surface area (Å²) in [6, 6.07) is 11.3. The van der Waals surface area contributed by atoms with Gasteiger partial charge in [0, 0.05) is 18.3 Å². The van der Waals surface area contributed by atoms with Crippen LogP contribution in [0.25, 0.3) is 5.76 Å². The Hall–Kier alpha value is -2.49. The Morgan fingerprint density at radius 3 is 2.84 bits per heavy atom. The fourth-order valence-electron chi connectivity index (χ4n) is 5.08. The average Bonchev–Trinajstić information content (AvgIpc) is 3.15. The summed E-state index contributed by atoms with van der Waals surface area (Å²) >= 11 is 0. The maximum absolute atomic E-state index is 13.1. The van der Waals surface area contributed by atoms with E-state index in [1.165, 1.54) is 0 Å². The largest absolute Gasteiger partial charge is 0.507 e. The molecule has 5 rings (SSSR count). The van der Waals surface area contributed by atoms with Crippen molar-refractivity contribution in [1.82, 2.24) is 0 Å². The van der Waals surface area contributed by atoms with Crippen LogP contribution >= 0.6 is 0 Å². The Morgan fingerprint density at radius 1 is 1.12 bits per heavy atom. The van der Waals surface area contributed by atoms with E-state index in [4.69, 9.17) is 9.15 Å². The molecule has 0 radical (unpaired) electrons. The third kappa shape index (κ3) is 1.97. The molecule has 2 aliphatic carbocycles. The molecule has 2 fully saturated rings. The van der Waals surface area contributed by atoms with Gasteiger partial charge in [0.2, 0.25) is 0 Å². The van der Waals surface area contributed by atoms with Crippen LogP contribution in [0.1, 0.15) is 49.3 Å².